The van der Waals surface area contributed by atoms with Crippen LogP contribution in [0.1, 0.15) is 13.3 Å². The highest BCUT2D eigenvalue weighted by Gasteiger charge is 2.07. The minimum atomic E-state index is -3.25. The first-order valence-corrected chi connectivity index (χ1v) is 5.96. The minimum absolute atomic E-state index is 0.0344. The second-order valence-electron chi connectivity index (χ2n) is 2.68. The van der Waals surface area contributed by atoms with Crippen LogP contribution in [0.5, 0.6) is 0 Å². The molecule has 0 aromatic rings. The second kappa shape index (κ2) is 7.08. The van der Waals surface area contributed by atoms with Crippen molar-refractivity contribution in [2.75, 3.05) is 25.5 Å². The van der Waals surface area contributed by atoms with Gasteiger partial charge in [-0.1, -0.05) is 6.92 Å². The van der Waals surface area contributed by atoms with Gasteiger partial charge in [0.2, 0.25) is 10.0 Å². The van der Waals surface area contributed by atoms with Gasteiger partial charge in [-0.15, -0.1) is 0 Å². The monoisotopic (exact) mass is 231 g/mol. The Morgan fingerprint density at radius 1 is 1.43 bits per heavy atom. The van der Waals surface area contributed by atoms with Gasteiger partial charge in [0, 0.05) is 6.54 Å². The highest BCUT2D eigenvalue weighted by Crippen LogP contribution is 1.92. The van der Waals surface area contributed by atoms with Crippen LogP contribution in [0.15, 0.2) is 0 Å². The first-order valence-electron chi connectivity index (χ1n) is 4.31. The molecule has 0 unspecified atom stereocenters. The summed E-state index contributed by atoms with van der Waals surface area (Å²) >= 11 is 0. The van der Waals surface area contributed by atoms with E-state index >= 15 is 0 Å². The highest BCUT2D eigenvalue weighted by molar-refractivity contribution is 7.89. The molecular weight excluding hydrogens is 216 g/mol. The molecule has 0 saturated carbocycles. The third kappa shape index (κ3) is 8.33. The summed E-state index contributed by atoms with van der Waals surface area (Å²) in [6.45, 7) is 1.09. The van der Waals surface area contributed by atoms with Crippen LogP contribution in [-0.2, 0) is 14.8 Å². The molecule has 0 aromatic heterocycles. The summed E-state index contributed by atoms with van der Waals surface area (Å²) in [6, 6.07) is 0. The SMILES string of the molecule is CCCS(=O)(=O)NCCOCC(F)F. The summed E-state index contributed by atoms with van der Waals surface area (Å²) in [6.07, 6.45) is -1.99. The predicted octanol–water partition coefficient (Wildman–Crippen LogP) is 0.597. The van der Waals surface area contributed by atoms with Crippen LogP contribution in [0.2, 0.25) is 0 Å². The van der Waals surface area contributed by atoms with Crippen molar-refractivity contribution in [1.29, 1.82) is 0 Å². The van der Waals surface area contributed by atoms with E-state index in [0.29, 0.717) is 6.42 Å². The molecule has 86 valence electrons. The third-order valence-electron chi connectivity index (χ3n) is 1.29. The van der Waals surface area contributed by atoms with E-state index < -0.39 is 23.1 Å². The Bertz CT molecular complexity index is 231. The van der Waals surface area contributed by atoms with E-state index in [0.717, 1.165) is 0 Å². The molecule has 0 fully saturated rings. The van der Waals surface area contributed by atoms with E-state index in [1.165, 1.54) is 0 Å². The number of ether oxygens (including phenoxy) is 1. The summed E-state index contributed by atoms with van der Waals surface area (Å²) in [5.74, 6) is 0.0435. The number of nitrogens with one attached hydrogen (secondary N) is 1. The van der Waals surface area contributed by atoms with Crippen LogP contribution < -0.4 is 4.72 Å². The van der Waals surface area contributed by atoms with Crippen LogP contribution >= 0.6 is 0 Å². The summed E-state index contributed by atoms with van der Waals surface area (Å²) in [5.41, 5.74) is 0. The van der Waals surface area contributed by atoms with Gasteiger partial charge >= 0.3 is 0 Å². The molecule has 0 radical (unpaired) electrons. The van der Waals surface area contributed by atoms with Gasteiger partial charge in [0.15, 0.2) is 0 Å². The number of hydrogen-bond donors (Lipinski definition) is 1. The molecule has 0 aliphatic carbocycles. The fraction of sp³-hybridized carbons (Fsp3) is 1.00. The Morgan fingerprint density at radius 2 is 2.07 bits per heavy atom. The lowest BCUT2D eigenvalue weighted by atomic mass is 10.6. The zero-order valence-electron chi connectivity index (χ0n) is 8.00. The lowest BCUT2D eigenvalue weighted by Gasteiger charge is -2.05. The zero-order valence-corrected chi connectivity index (χ0v) is 8.82. The molecule has 0 heterocycles. The van der Waals surface area contributed by atoms with Crippen molar-refractivity contribution < 1.29 is 21.9 Å². The molecular formula is C7H15F2NO3S. The molecule has 0 aliphatic rings. The molecule has 0 atom stereocenters. The summed E-state index contributed by atoms with van der Waals surface area (Å²) in [4.78, 5) is 0. The van der Waals surface area contributed by atoms with Gasteiger partial charge in [0.05, 0.1) is 12.4 Å². The Kier molecular flexibility index (Phi) is 6.94. The Balaban J connectivity index is 3.45. The third-order valence-corrected chi connectivity index (χ3v) is 2.87. The van der Waals surface area contributed by atoms with Crippen molar-refractivity contribution in [2.45, 2.75) is 19.8 Å². The number of sulfonamides is 1. The molecule has 4 nitrogen and oxygen atoms in total. The van der Waals surface area contributed by atoms with Gasteiger partial charge in [0.25, 0.3) is 6.43 Å². The van der Waals surface area contributed by atoms with Crippen LogP contribution in [0.4, 0.5) is 8.78 Å². The largest absolute Gasteiger partial charge is 0.374 e. The quantitative estimate of drug-likeness (QED) is 0.622. The van der Waals surface area contributed by atoms with E-state index in [1.54, 1.807) is 6.92 Å². The van der Waals surface area contributed by atoms with Gasteiger partial charge in [-0.05, 0) is 6.42 Å². The summed E-state index contributed by atoms with van der Waals surface area (Å²) in [5, 5.41) is 0. The molecule has 0 aliphatic heterocycles. The van der Waals surface area contributed by atoms with Crippen LogP contribution in [0, 0.1) is 0 Å². The fourth-order valence-electron chi connectivity index (χ4n) is 0.783. The van der Waals surface area contributed by atoms with Crippen molar-refractivity contribution in [2.24, 2.45) is 0 Å². The van der Waals surface area contributed by atoms with Crippen molar-refractivity contribution in [1.82, 2.24) is 4.72 Å². The van der Waals surface area contributed by atoms with Gasteiger partial charge in [-0.25, -0.2) is 21.9 Å². The Labute approximate surface area is 82.7 Å². The molecule has 0 amide bonds. The number of alkyl halides is 2. The van der Waals surface area contributed by atoms with Gasteiger partial charge in [-0.3, -0.25) is 0 Å². The van der Waals surface area contributed by atoms with E-state index in [2.05, 4.69) is 9.46 Å². The maximum Gasteiger partial charge on any atom is 0.261 e. The number of hydrogen-bond acceptors (Lipinski definition) is 3. The summed E-state index contributed by atoms with van der Waals surface area (Å²) in [7, 11) is -3.25. The second-order valence-corrected chi connectivity index (χ2v) is 4.61. The van der Waals surface area contributed by atoms with Crippen LogP contribution in [0.3, 0.4) is 0 Å². The van der Waals surface area contributed by atoms with E-state index in [-0.39, 0.29) is 18.9 Å². The van der Waals surface area contributed by atoms with Gasteiger partial charge < -0.3 is 4.74 Å². The standard InChI is InChI=1S/C7H15F2NO3S/c1-2-5-14(11,12)10-3-4-13-6-7(8)9/h7,10H,2-6H2,1H3. The van der Waals surface area contributed by atoms with Crippen molar-refractivity contribution in [3.63, 3.8) is 0 Å². The summed E-state index contributed by atoms with van der Waals surface area (Å²) < 4.78 is 51.9. The first-order chi connectivity index (χ1) is 6.48. The average Bonchev–Trinajstić information content (AvgIpc) is 2.02. The van der Waals surface area contributed by atoms with Crippen molar-refractivity contribution >= 4 is 10.0 Å². The highest BCUT2D eigenvalue weighted by atomic mass is 32.2. The average molecular weight is 231 g/mol. The lowest BCUT2D eigenvalue weighted by molar-refractivity contribution is 0.0199. The maximum atomic E-state index is 11.6. The van der Waals surface area contributed by atoms with Crippen molar-refractivity contribution in [3.8, 4) is 0 Å². The molecule has 7 heteroatoms. The lowest BCUT2D eigenvalue weighted by Crippen LogP contribution is -2.29. The topological polar surface area (TPSA) is 55.4 Å². The molecule has 0 aromatic carbocycles. The molecule has 0 saturated heterocycles. The van der Waals surface area contributed by atoms with E-state index in [1.807, 2.05) is 0 Å². The molecule has 14 heavy (non-hydrogen) atoms. The Morgan fingerprint density at radius 3 is 2.57 bits per heavy atom. The minimum Gasteiger partial charge on any atom is -0.374 e. The molecule has 0 bridgehead atoms. The molecule has 1 N–H and O–H groups in total. The van der Waals surface area contributed by atoms with E-state index in [9.17, 15) is 17.2 Å². The Hall–Kier alpha value is -0.270. The van der Waals surface area contributed by atoms with E-state index in [4.69, 9.17) is 0 Å². The fourth-order valence-corrected chi connectivity index (χ4v) is 1.86. The van der Waals surface area contributed by atoms with Crippen molar-refractivity contribution in [3.05, 3.63) is 0 Å². The predicted molar refractivity (Wildman–Crippen MR) is 48.9 cm³/mol. The number of halogens is 2. The first kappa shape index (κ1) is 13.7. The smallest absolute Gasteiger partial charge is 0.261 e. The number of rotatable bonds is 8. The molecule has 0 spiro atoms. The molecule has 0 rings (SSSR count). The maximum absolute atomic E-state index is 11.6. The van der Waals surface area contributed by atoms with Crippen LogP contribution in [0.25, 0.3) is 0 Å². The van der Waals surface area contributed by atoms with Gasteiger partial charge in [0.1, 0.15) is 6.61 Å². The van der Waals surface area contributed by atoms with Gasteiger partial charge in [-0.2, -0.15) is 0 Å². The normalized spacial score (nSPS) is 12.3. The zero-order chi connectivity index (χ0) is 11.0. The van der Waals surface area contributed by atoms with Crippen LogP contribution in [-0.4, -0.2) is 40.4 Å².